The number of carbonyl (C=O) groups excluding carboxylic acids is 1. The van der Waals surface area contributed by atoms with Crippen molar-refractivity contribution in [3.8, 4) is 0 Å². The van der Waals surface area contributed by atoms with Gasteiger partial charge in [-0.25, -0.2) is 8.42 Å². The summed E-state index contributed by atoms with van der Waals surface area (Å²) < 4.78 is 41.4. The highest BCUT2D eigenvalue weighted by Gasteiger charge is 2.25. The molecule has 0 aromatic heterocycles. The Labute approximate surface area is 182 Å². The van der Waals surface area contributed by atoms with Gasteiger partial charge in [0.25, 0.3) is 0 Å². The van der Waals surface area contributed by atoms with E-state index in [2.05, 4.69) is 10.0 Å². The van der Waals surface area contributed by atoms with Crippen molar-refractivity contribution in [2.24, 2.45) is 10.8 Å². The van der Waals surface area contributed by atoms with Crippen molar-refractivity contribution in [3.05, 3.63) is 39.8 Å². The predicted octanol–water partition coefficient (Wildman–Crippen LogP) is 1.23. The van der Waals surface area contributed by atoms with Gasteiger partial charge in [0.15, 0.2) is 9.84 Å². The van der Waals surface area contributed by atoms with Crippen LogP contribution in [0.5, 0.6) is 0 Å². The first-order valence-electron chi connectivity index (χ1n) is 9.81. The van der Waals surface area contributed by atoms with Crippen LogP contribution < -0.4 is 5.73 Å². The van der Waals surface area contributed by atoms with Crippen LogP contribution in [0.25, 0.3) is 10.4 Å². The number of rotatable bonds is 17. The second-order valence-corrected chi connectivity index (χ2v) is 8.65. The maximum absolute atomic E-state index is 12.9. The number of hydrogen-bond donors (Lipinski definition) is 2. The van der Waals surface area contributed by atoms with Crippen molar-refractivity contribution in [1.29, 1.82) is 0 Å². The zero-order valence-corrected chi connectivity index (χ0v) is 18.4. The van der Waals surface area contributed by atoms with Gasteiger partial charge in [0, 0.05) is 30.7 Å². The first kappa shape index (κ1) is 26.8. The van der Waals surface area contributed by atoms with Crippen LogP contribution in [0.2, 0.25) is 0 Å². The van der Waals surface area contributed by atoms with Gasteiger partial charge in [-0.3, -0.25) is 4.79 Å². The number of carbonyl (C=O) groups is 1. The molecule has 0 spiro atoms. The summed E-state index contributed by atoms with van der Waals surface area (Å²) in [5.74, 6) is -1.21. The molecule has 1 atom stereocenters. The third kappa shape index (κ3) is 10.1. The average molecular weight is 459 g/mol. The van der Waals surface area contributed by atoms with Gasteiger partial charge in [-0.1, -0.05) is 11.2 Å². The Morgan fingerprint density at radius 3 is 2.58 bits per heavy atom. The van der Waals surface area contributed by atoms with Gasteiger partial charge in [0.05, 0.1) is 43.2 Å². The lowest BCUT2D eigenvalue weighted by Crippen LogP contribution is -2.24. The third-order valence-electron chi connectivity index (χ3n) is 4.30. The Morgan fingerprint density at radius 2 is 1.94 bits per heavy atom. The van der Waals surface area contributed by atoms with Crippen LogP contribution in [0.3, 0.4) is 0 Å². The Hall–Kier alpha value is -2.21. The van der Waals surface area contributed by atoms with E-state index in [1.807, 2.05) is 0 Å². The minimum Gasteiger partial charge on any atom is -0.392 e. The number of nitrogens with two attached hydrogens (primary N) is 1. The predicted molar refractivity (Wildman–Crippen MR) is 113 cm³/mol. The van der Waals surface area contributed by atoms with Crippen LogP contribution in [0.4, 0.5) is 0 Å². The Bertz CT molecular complexity index is 842. The average Bonchev–Trinajstić information content (AvgIpc) is 2.72. The molecule has 1 aromatic rings. The summed E-state index contributed by atoms with van der Waals surface area (Å²) in [5, 5.41) is 13.4. The first-order chi connectivity index (χ1) is 14.8. The number of nitrogens with zero attached hydrogens (tertiary/aromatic N) is 3. The van der Waals surface area contributed by atoms with Gasteiger partial charge < -0.3 is 25.1 Å². The molecule has 0 heterocycles. The highest BCUT2D eigenvalue weighted by molar-refractivity contribution is 7.91. The standard InChI is InChI=1S/C19H30N4O7S/c1-28-9-3-4-15(24)14-31(26,27)18-6-2-5-17(19(20)25)16(18)7-10-29-12-13-30-11-8-22-23-21/h2,5-6,15,24H,3-4,7-14H2,1H3,(H2,20,25). The van der Waals surface area contributed by atoms with Crippen LogP contribution in [0, 0.1) is 0 Å². The number of primary amides is 1. The summed E-state index contributed by atoms with van der Waals surface area (Å²) in [5.41, 5.74) is 14.0. The molecule has 0 saturated heterocycles. The number of aliphatic hydroxyl groups is 1. The molecule has 1 amide bonds. The highest BCUT2D eigenvalue weighted by Crippen LogP contribution is 2.23. The van der Waals surface area contributed by atoms with E-state index >= 15 is 0 Å². The SMILES string of the molecule is COCCCC(O)CS(=O)(=O)c1cccc(C(N)=O)c1CCOCCOCCN=[N+]=[N-]. The molecule has 12 heteroatoms. The first-order valence-corrected chi connectivity index (χ1v) is 11.5. The summed E-state index contributed by atoms with van der Waals surface area (Å²) in [7, 11) is -2.33. The van der Waals surface area contributed by atoms with Gasteiger partial charge in [-0.2, -0.15) is 0 Å². The molecule has 11 nitrogen and oxygen atoms in total. The number of methoxy groups -OCH3 is 1. The number of sulfone groups is 1. The molecule has 0 saturated carbocycles. The fraction of sp³-hybridized carbons (Fsp3) is 0.632. The zero-order valence-electron chi connectivity index (χ0n) is 17.6. The quantitative estimate of drug-likeness (QED) is 0.153. The fourth-order valence-corrected chi connectivity index (χ4v) is 4.61. The summed E-state index contributed by atoms with van der Waals surface area (Å²) in [6.07, 6.45) is -0.100. The Morgan fingerprint density at radius 1 is 1.23 bits per heavy atom. The van der Waals surface area contributed by atoms with E-state index in [-0.39, 0.29) is 61.8 Å². The fourth-order valence-electron chi connectivity index (χ4n) is 2.88. The lowest BCUT2D eigenvalue weighted by Gasteiger charge is -2.16. The molecule has 0 aliphatic carbocycles. The summed E-state index contributed by atoms with van der Waals surface area (Å²) in [6.45, 7) is 1.58. The molecule has 1 unspecified atom stereocenters. The lowest BCUT2D eigenvalue weighted by molar-refractivity contribution is 0.0517. The molecule has 0 aliphatic rings. The molecule has 1 rings (SSSR count). The smallest absolute Gasteiger partial charge is 0.249 e. The normalized spacial score (nSPS) is 12.3. The number of amides is 1. The van der Waals surface area contributed by atoms with Crippen LogP contribution >= 0.6 is 0 Å². The summed E-state index contributed by atoms with van der Waals surface area (Å²) in [4.78, 5) is 14.4. The number of ether oxygens (including phenoxy) is 3. The highest BCUT2D eigenvalue weighted by atomic mass is 32.2. The molecule has 1 aromatic carbocycles. The maximum atomic E-state index is 12.9. The van der Waals surface area contributed by atoms with E-state index in [0.29, 0.717) is 13.0 Å². The molecule has 3 N–H and O–H groups in total. The van der Waals surface area contributed by atoms with Crippen LogP contribution in [0.15, 0.2) is 28.2 Å². The van der Waals surface area contributed by atoms with Crippen molar-refractivity contribution in [1.82, 2.24) is 0 Å². The number of azide groups is 1. The molecule has 174 valence electrons. The second-order valence-electron chi connectivity index (χ2n) is 6.65. The van der Waals surface area contributed by atoms with E-state index < -0.39 is 27.6 Å². The molecule has 0 fully saturated rings. The van der Waals surface area contributed by atoms with E-state index in [1.54, 1.807) is 0 Å². The Kier molecular flexibility index (Phi) is 12.8. The molecular weight excluding hydrogens is 428 g/mol. The van der Waals surface area contributed by atoms with Gasteiger partial charge in [-0.05, 0) is 42.5 Å². The van der Waals surface area contributed by atoms with E-state index in [1.165, 1.54) is 25.3 Å². The topological polar surface area (TPSA) is 174 Å². The van der Waals surface area contributed by atoms with Crippen molar-refractivity contribution in [3.63, 3.8) is 0 Å². The Balaban J connectivity index is 2.77. The van der Waals surface area contributed by atoms with Crippen molar-refractivity contribution in [2.75, 3.05) is 52.4 Å². The minimum atomic E-state index is -3.86. The van der Waals surface area contributed by atoms with E-state index in [4.69, 9.17) is 25.5 Å². The zero-order chi connectivity index (χ0) is 23.1. The minimum absolute atomic E-state index is 0.0381. The summed E-state index contributed by atoms with van der Waals surface area (Å²) >= 11 is 0. The van der Waals surface area contributed by atoms with Crippen molar-refractivity contribution < 1.29 is 32.5 Å². The molecule has 0 aliphatic heterocycles. The van der Waals surface area contributed by atoms with Gasteiger partial charge >= 0.3 is 0 Å². The van der Waals surface area contributed by atoms with Crippen molar-refractivity contribution in [2.45, 2.75) is 30.3 Å². The number of aliphatic hydroxyl groups excluding tert-OH is 1. The van der Waals surface area contributed by atoms with Crippen LogP contribution in [0.1, 0.15) is 28.8 Å². The third-order valence-corrected chi connectivity index (χ3v) is 6.17. The van der Waals surface area contributed by atoms with E-state index in [9.17, 15) is 18.3 Å². The van der Waals surface area contributed by atoms with Crippen LogP contribution in [-0.4, -0.2) is 78.0 Å². The van der Waals surface area contributed by atoms with Crippen molar-refractivity contribution >= 4 is 15.7 Å². The van der Waals surface area contributed by atoms with Gasteiger partial charge in [0.2, 0.25) is 5.91 Å². The largest absolute Gasteiger partial charge is 0.392 e. The van der Waals surface area contributed by atoms with Crippen LogP contribution in [-0.2, 0) is 30.5 Å². The van der Waals surface area contributed by atoms with Gasteiger partial charge in [-0.15, -0.1) is 0 Å². The molecule has 0 radical (unpaired) electrons. The monoisotopic (exact) mass is 458 g/mol. The summed E-state index contributed by atoms with van der Waals surface area (Å²) in [6, 6.07) is 4.31. The maximum Gasteiger partial charge on any atom is 0.249 e. The number of benzene rings is 1. The lowest BCUT2D eigenvalue weighted by atomic mass is 10.0. The van der Waals surface area contributed by atoms with Gasteiger partial charge in [0.1, 0.15) is 0 Å². The van der Waals surface area contributed by atoms with E-state index in [0.717, 1.165) is 0 Å². The molecular formula is C19H30N4O7S. The molecule has 31 heavy (non-hydrogen) atoms. The molecule has 0 bridgehead atoms. The second kappa shape index (κ2) is 14.7. The number of hydrogen-bond acceptors (Lipinski definition) is 8.